The Balaban J connectivity index is 0.00000156. The molecule has 0 radical (unpaired) electrons. The monoisotopic (exact) mass is 400 g/mol. The van der Waals surface area contributed by atoms with E-state index in [1.165, 1.54) is 18.2 Å². The van der Waals surface area contributed by atoms with Crippen LogP contribution in [0, 0.1) is 5.92 Å². The number of nitrogens with one attached hydrogen (secondary N) is 2. The van der Waals surface area contributed by atoms with E-state index >= 15 is 0 Å². The fraction of sp³-hybridized carbons (Fsp3) is 0.353. The average Bonchev–Trinajstić information content (AvgIpc) is 3.08. The Morgan fingerprint density at radius 1 is 1.20 bits per heavy atom. The molecule has 8 heteroatoms. The van der Waals surface area contributed by atoms with Gasteiger partial charge in [-0.3, -0.25) is 4.79 Å². The second-order valence-electron chi connectivity index (χ2n) is 5.60. The van der Waals surface area contributed by atoms with Crippen molar-refractivity contribution in [3.63, 3.8) is 0 Å². The van der Waals surface area contributed by atoms with Crippen molar-refractivity contribution in [2.24, 2.45) is 5.92 Å². The molecule has 1 unspecified atom stereocenters. The van der Waals surface area contributed by atoms with E-state index in [1.807, 2.05) is 30.3 Å². The molecule has 1 fully saturated rings. The molecule has 136 valence electrons. The number of pyridine rings is 2. The maximum absolute atomic E-state index is 12.1. The second-order valence-corrected chi connectivity index (χ2v) is 6.64. The zero-order valence-corrected chi connectivity index (χ0v) is 16.1. The molecule has 3 heterocycles. The maximum Gasteiger partial charge on any atom is 0.224 e. The number of hydrogen-bond donors (Lipinski definition) is 2. The lowest BCUT2D eigenvalue weighted by molar-refractivity contribution is -0.116. The minimum Gasteiger partial charge on any atom is -0.326 e. The molecule has 5 nitrogen and oxygen atoms in total. The second kappa shape index (κ2) is 11.3. The Bertz CT molecular complexity index is 654. The molecule has 0 bridgehead atoms. The molecular weight excluding hydrogens is 379 g/mol. The highest BCUT2D eigenvalue weighted by Gasteiger charge is 2.15. The molecule has 3 rings (SSSR count). The van der Waals surface area contributed by atoms with Crippen molar-refractivity contribution in [2.45, 2.75) is 29.3 Å². The number of anilines is 1. The van der Waals surface area contributed by atoms with Crippen LogP contribution >= 0.6 is 36.6 Å². The highest BCUT2D eigenvalue weighted by atomic mass is 35.5. The van der Waals surface area contributed by atoms with Gasteiger partial charge in [0, 0.05) is 24.5 Å². The molecular formula is C17H22Cl2N4OS. The van der Waals surface area contributed by atoms with Crippen molar-refractivity contribution >= 4 is 48.2 Å². The smallest absolute Gasteiger partial charge is 0.224 e. The van der Waals surface area contributed by atoms with Gasteiger partial charge in [-0.15, -0.1) is 24.8 Å². The van der Waals surface area contributed by atoms with Crippen molar-refractivity contribution in [2.75, 3.05) is 18.4 Å². The summed E-state index contributed by atoms with van der Waals surface area (Å²) in [6, 6.07) is 9.46. The number of rotatable bonds is 6. The molecule has 25 heavy (non-hydrogen) atoms. The number of amides is 1. The summed E-state index contributed by atoms with van der Waals surface area (Å²) in [4.78, 5) is 20.6. The molecule has 1 aliphatic heterocycles. The van der Waals surface area contributed by atoms with E-state index in [2.05, 4.69) is 20.6 Å². The Kier molecular flexibility index (Phi) is 9.82. The molecule has 0 spiro atoms. The molecule has 2 aromatic heterocycles. The minimum atomic E-state index is 0. The first-order valence-electron chi connectivity index (χ1n) is 7.85. The third-order valence-electron chi connectivity index (χ3n) is 3.81. The van der Waals surface area contributed by atoms with Gasteiger partial charge in [0.05, 0.1) is 0 Å². The van der Waals surface area contributed by atoms with E-state index in [9.17, 15) is 4.79 Å². The lowest BCUT2D eigenvalue weighted by atomic mass is 10.0. The minimum absolute atomic E-state index is 0. The molecule has 2 aromatic rings. The maximum atomic E-state index is 12.1. The third-order valence-corrected chi connectivity index (χ3v) is 4.69. The SMILES string of the molecule is Cl.Cl.O=C(CCC1CCNC1)Nc1ccnc(Sc2ccccn2)c1. The van der Waals surface area contributed by atoms with Gasteiger partial charge in [-0.25, -0.2) is 9.97 Å². The summed E-state index contributed by atoms with van der Waals surface area (Å²) >= 11 is 1.48. The van der Waals surface area contributed by atoms with E-state index in [4.69, 9.17) is 0 Å². The van der Waals surface area contributed by atoms with Crippen LogP contribution in [0.3, 0.4) is 0 Å². The zero-order chi connectivity index (χ0) is 15.9. The van der Waals surface area contributed by atoms with Gasteiger partial charge < -0.3 is 10.6 Å². The van der Waals surface area contributed by atoms with Crippen molar-refractivity contribution in [3.8, 4) is 0 Å². The lowest BCUT2D eigenvalue weighted by Gasteiger charge is -2.09. The summed E-state index contributed by atoms with van der Waals surface area (Å²) in [5.74, 6) is 0.699. The van der Waals surface area contributed by atoms with E-state index in [-0.39, 0.29) is 30.7 Å². The first-order chi connectivity index (χ1) is 11.3. The number of carbonyl (C=O) groups excluding carboxylic acids is 1. The molecule has 0 aromatic carbocycles. The Morgan fingerprint density at radius 2 is 2.04 bits per heavy atom. The molecule has 1 atom stereocenters. The molecule has 1 amide bonds. The zero-order valence-electron chi connectivity index (χ0n) is 13.7. The Morgan fingerprint density at radius 3 is 2.76 bits per heavy atom. The summed E-state index contributed by atoms with van der Waals surface area (Å²) < 4.78 is 0. The third kappa shape index (κ3) is 7.20. The Hall–Kier alpha value is -1.34. The predicted molar refractivity (Wildman–Crippen MR) is 106 cm³/mol. The van der Waals surface area contributed by atoms with Gasteiger partial charge in [-0.05, 0) is 56.1 Å². The van der Waals surface area contributed by atoms with Gasteiger partial charge in [0.15, 0.2) is 0 Å². The van der Waals surface area contributed by atoms with Gasteiger partial charge in [-0.2, -0.15) is 0 Å². The van der Waals surface area contributed by atoms with Crippen molar-refractivity contribution in [1.82, 2.24) is 15.3 Å². The fourth-order valence-corrected chi connectivity index (χ4v) is 3.35. The number of halogens is 2. The first kappa shape index (κ1) is 21.7. The van der Waals surface area contributed by atoms with Crippen LogP contribution in [0.1, 0.15) is 19.3 Å². The van der Waals surface area contributed by atoms with E-state index in [0.29, 0.717) is 12.3 Å². The van der Waals surface area contributed by atoms with E-state index < -0.39 is 0 Å². The van der Waals surface area contributed by atoms with Crippen LogP contribution in [0.25, 0.3) is 0 Å². The van der Waals surface area contributed by atoms with E-state index in [1.54, 1.807) is 12.4 Å². The van der Waals surface area contributed by atoms with Crippen molar-refractivity contribution in [3.05, 3.63) is 42.7 Å². The molecule has 0 saturated carbocycles. The van der Waals surface area contributed by atoms with Gasteiger partial charge in [0.1, 0.15) is 10.1 Å². The topological polar surface area (TPSA) is 66.9 Å². The number of carbonyl (C=O) groups is 1. The summed E-state index contributed by atoms with van der Waals surface area (Å²) in [5.41, 5.74) is 0.785. The summed E-state index contributed by atoms with van der Waals surface area (Å²) in [5, 5.41) is 7.99. The van der Waals surface area contributed by atoms with Gasteiger partial charge in [-0.1, -0.05) is 17.8 Å². The van der Waals surface area contributed by atoms with Crippen LogP contribution in [0.15, 0.2) is 52.8 Å². The highest BCUT2D eigenvalue weighted by molar-refractivity contribution is 7.99. The molecule has 0 aliphatic carbocycles. The normalized spacial score (nSPS) is 15.8. The van der Waals surface area contributed by atoms with Crippen LogP contribution in [-0.4, -0.2) is 29.0 Å². The van der Waals surface area contributed by atoms with Crippen LogP contribution in [0.5, 0.6) is 0 Å². The predicted octanol–water partition coefficient (Wildman–Crippen LogP) is 3.80. The first-order valence-corrected chi connectivity index (χ1v) is 8.67. The number of nitrogens with zero attached hydrogens (tertiary/aromatic N) is 2. The van der Waals surface area contributed by atoms with Gasteiger partial charge in [0.2, 0.25) is 5.91 Å². The number of hydrogen-bond acceptors (Lipinski definition) is 5. The van der Waals surface area contributed by atoms with Crippen LogP contribution in [0.4, 0.5) is 5.69 Å². The molecule has 2 N–H and O–H groups in total. The van der Waals surface area contributed by atoms with Gasteiger partial charge >= 0.3 is 0 Å². The van der Waals surface area contributed by atoms with Crippen LogP contribution < -0.4 is 10.6 Å². The standard InChI is InChI=1S/C17H20N4OS.2ClH/c22-15(5-4-13-6-9-18-12-13)21-14-7-10-20-17(11-14)23-16-3-1-2-8-19-16;;/h1-3,7-8,10-11,13,18H,4-6,9,12H2,(H,20,21,22);2*1H. The van der Waals surface area contributed by atoms with Crippen molar-refractivity contribution in [1.29, 1.82) is 0 Å². The fourth-order valence-electron chi connectivity index (χ4n) is 2.58. The van der Waals surface area contributed by atoms with Gasteiger partial charge in [0.25, 0.3) is 0 Å². The summed E-state index contributed by atoms with van der Waals surface area (Å²) in [6.45, 7) is 2.11. The lowest BCUT2D eigenvalue weighted by Crippen LogP contribution is -2.15. The number of aromatic nitrogens is 2. The largest absolute Gasteiger partial charge is 0.326 e. The Labute approximate surface area is 164 Å². The summed E-state index contributed by atoms with van der Waals surface area (Å²) in [7, 11) is 0. The summed E-state index contributed by atoms with van der Waals surface area (Å²) in [6.07, 6.45) is 6.15. The van der Waals surface area contributed by atoms with Crippen molar-refractivity contribution < 1.29 is 4.79 Å². The average molecular weight is 401 g/mol. The molecule has 1 saturated heterocycles. The highest BCUT2D eigenvalue weighted by Crippen LogP contribution is 2.25. The quantitative estimate of drug-likeness (QED) is 0.771. The molecule has 1 aliphatic rings. The van der Waals surface area contributed by atoms with E-state index in [0.717, 1.165) is 35.2 Å². The van der Waals surface area contributed by atoms with Crippen LogP contribution in [-0.2, 0) is 4.79 Å². The van der Waals surface area contributed by atoms with Crippen LogP contribution in [0.2, 0.25) is 0 Å².